The predicted molar refractivity (Wildman–Crippen MR) is 92.6 cm³/mol. The Kier molecular flexibility index (Phi) is 9.75. The maximum absolute atomic E-state index is 12.9. The standard InChI is InChI=1S/C18H37F3N2/c1-8-22-16(18(19,20)21)11-14(4)9-10-15(5)23-12-17(6,7)13(2)3/h13-16,22-23H,8-12H2,1-7H3. The summed E-state index contributed by atoms with van der Waals surface area (Å²) in [5.41, 5.74) is 0.228. The van der Waals surface area contributed by atoms with Gasteiger partial charge in [0.1, 0.15) is 6.04 Å². The zero-order valence-electron chi connectivity index (χ0n) is 16.0. The fourth-order valence-corrected chi connectivity index (χ4v) is 2.38. The number of alkyl halides is 3. The van der Waals surface area contributed by atoms with Crippen LogP contribution in [0.2, 0.25) is 0 Å². The molecule has 23 heavy (non-hydrogen) atoms. The largest absolute Gasteiger partial charge is 0.403 e. The first-order valence-electron chi connectivity index (χ1n) is 8.93. The molecule has 5 heteroatoms. The van der Waals surface area contributed by atoms with Crippen LogP contribution in [0, 0.1) is 17.3 Å². The molecule has 0 saturated carbocycles. The Bertz CT molecular complexity index is 314. The zero-order chi connectivity index (χ0) is 18.3. The van der Waals surface area contributed by atoms with E-state index in [4.69, 9.17) is 0 Å². The van der Waals surface area contributed by atoms with Gasteiger partial charge in [-0.3, -0.25) is 0 Å². The maximum Gasteiger partial charge on any atom is 0.403 e. The van der Waals surface area contributed by atoms with E-state index in [0.29, 0.717) is 18.5 Å². The summed E-state index contributed by atoms with van der Waals surface area (Å²) < 4.78 is 38.8. The van der Waals surface area contributed by atoms with Gasteiger partial charge in [0.05, 0.1) is 0 Å². The van der Waals surface area contributed by atoms with Gasteiger partial charge in [-0.25, -0.2) is 0 Å². The van der Waals surface area contributed by atoms with Crippen LogP contribution in [0.4, 0.5) is 13.2 Å². The molecule has 2 nitrogen and oxygen atoms in total. The third-order valence-corrected chi connectivity index (χ3v) is 5.05. The fraction of sp³-hybridized carbons (Fsp3) is 1.00. The average molecular weight is 339 g/mol. The van der Waals surface area contributed by atoms with Crippen LogP contribution in [0.25, 0.3) is 0 Å². The molecule has 0 saturated heterocycles. The highest BCUT2D eigenvalue weighted by Crippen LogP contribution is 2.27. The molecule has 3 atom stereocenters. The Labute approximate surface area is 141 Å². The van der Waals surface area contributed by atoms with Gasteiger partial charge in [-0.2, -0.15) is 13.2 Å². The number of nitrogens with one attached hydrogen (secondary N) is 2. The van der Waals surface area contributed by atoms with Gasteiger partial charge in [0, 0.05) is 12.6 Å². The molecule has 0 heterocycles. The van der Waals surface area contributed by atoms with Gasteiger partial charge in [0.2, 0.25) is 0 Å². The van der Waals surface area contributed by atoms with Gasteiger partial charge in [-0.15, -0.1) is 0 Å². The van der Waals surface area contributed by atoms with Crippen LogP contribution in [0.5, 0.6) is 0 Å². The molecule has 0 aromatic rings. The van der Waals surface area contributed by atoms with Crippen molar-refractivity contribution in [3.05, 3.63) is 0 Å². The van der Waals surface area contributed by atoms with Crippen LogP contribution in [-0.4, -0.2) is 31.3 Å². The molecule has 0 aliphatic carbocycles. The van der Waals surface area contributed by atoms with E-state index in [2.05, 4.69) is 45.3 Å². The lowest BCUT2D eigenvalue weighted by Crippen LogP contribution is -2.43. The number of hydrogen-bond acceptors (Lipinski definition) is 2. The quantitative estimate of drug-likeness (QED) is 0.554. The van der Waals surface area contributed by atoms with Gasteiger partial charge in [-0.05, 0) is 50.0 Å². The van der Waals surface area contributed by atoms with Crippen molar-refractivity contribution < 1.29 is 13.2 Å². The molecule has 0 aromatic carbocycles. The molecule has 0 spiro atoms. The van der Waals surface area contributed by atoms with Crippen molar-refractivity contribution in [1.29, 1.82) is 0 Å². The Balaban J connectivity index is 4.19. The molecular weight excluding hydrogens is 301 g/mol. The number of hydrogen-bond donors (Lipinski definition) is 2. The highest BCUT2D eigenvalue weighted by Gasteiger charge is 2.39. The van der Waals surface area contributed by atoms with Crippen LogP contribution in [0.1, 0.15) is 67.7 Å². The first-order valence-corrected chi connectivity index (χ1v) is 8.93. The third-order valence-electron chi connectivity index (χ3n) is 5.05. The van der Waals surface area contributed by atoms with Crippen molar-refractivity contribution in [2.24, 2.45) is 17.3 Å². The molecule has 140 valence electrons. The van der Waals surface area contributed by atoms with Crippen LogP contribution < -0.4 is 10.6 Å². The maximum atomic E-state index is 12.9. The lowest BCUT2D eigenvalue weighted by Gasteiger charge is -2.31. The van der Waals surface area contributed by atoms with E-state index in [9.17, 15) is 13.2 Å². The minimum absolute atomic E-state index is 0.0584. The normalized spacial score (nSPS) is 17.3. The summed E-state index contributed by atoms with van der Waals surface area (Å²) in [5.74, 6) is 0.650. The van der Waals surface area contributed by atoms with Gasteiger partial charge >= 0.3 is 6.18 Å². The monoisotopic (exact) mass is 338 g/mol. The van der Waals surface area contributed by atoms with E-state index in [1.165, 1.54) is 0 Å². The van der Waals surface area contributed by atoms with Gasteiger partial charge in [0.25, 0.3) is 0 Å². The van der Waals surface area contributed by atoms with Crippen molar-refractivity contribution >= 4 is 0 Å². The summed E-state index contributed by atoms with van der Waals surface area (Å²) >= 11 is 0. The topological polar surface area (TPSA) is 24.1 Å². The van der Waals surface area contributed by atoms with Gasteiger partial charge in [-0.1, -0.05) is 41.5 Å². The molecular formula is C18H37F3N2. The van der Waals surface area contributed by atoms with E-state index in [1.54, 1.807) is 6.92 Å². The van der Waals surface area contributed by atoms with Crippen molar-refractivity contribution in [2.45, 2.75) is 86.0 Å². The molecule has 0 radical (unpaired) electrons. The van der Waals surface area contributed by atoms with E-state index in [1.807, 2.05) is 6.92 Å². The average Bonchev–Trinajstić information content (AvgIpc) is 2.41. The SMILES string of the molecule is CCNC(CC(C)CCC(C)NCC(C)(C)C(C)C)C(F)(F)F. The Morgan fingerprint density at radius 3 is 1.91 bits per heavy atom. The summed E-state index contributed by atoms with van der Waals surface area (Å²) in [6.45, 7) is 15.9. The summed E-state index contributed by atoms with van der Waals surface area (Å²) in [5, 5.41) is 6.09. The lowest BCUT2D eigenvalue weighted by atomic mass is 9.81. The predicted octanol–water partition coefficient (Wildman–Crippen LogP) is 4.99. The summed E-state index contributed by atoms with van der Waals surface area (Å²) in [6.07, 6.45) is -2.28. The molecule has 3 unspecified atom stereocenters. The molecule has 0 amide bonds. The van der Waals surface area contributed by atoms with Crippen molar-refractivity contribution in [3.8, 4) is 0 Å². The van der Waals surface area contributed by atoms with E-state index < -0.39 is 12.2 Å². The van der Waals surface area contributed by atoms with Crippen LogP contribution in [0.15, 0.2) is 0 Å². The lowest BCUT2D eigenvalue weighted by molar-refractivity contribution is -0.159. The van der Waals surface area contributed by atoms with Crippen molar-refractivity contribution in [1.82, 2.24) is 10.6 Å². The molecule has 0 rings (SSSR count). The zero-order valence-corrected chi connectivity index (χ0v) is 16.0. The summed E-state index contributed by atoms with van der Waals surface area (Å²) in [7, 11) is 0. The molecule has 0 aromatic heterocycles. The molecule has 0 bridgehead atoms. The highest BCUT2D eigenvalue weighted by atomic mass is 19.4. The summed E-state index contributed by atoms with van der Waals surface area (Å²) in [4.78, 5) is 0. The Morgan fingerprint density at radius 1 is 0.913 bits per heavy atom. The second kappa shape index (κ2) is 9.87. The van der Waals surface area contributed by atoms with E-state index >= 15 is 0 Å². The van der Waals surface area contributed by atoms with Crippen LogP contribution >= 0.6 is 0 Å². The van der Waals surface area contributed by atoms with Crippen LogP contribution in [0.3, 0.4) is 0 Å². The van der Waals surface area contributed by atoms with Gasteiger partial charge in [0.15, 0.2) is 0 Å². The van der Waals surface area contributed by atoms with E-state index in [0.717, 1.165) is 19.4 Å². The van der Waals surface area contributed by atoms with Crippen LogP contribution in [-0.2, 0) is 0 Å². The second-order valence-electron chi connectivity index (χ2n) is 8.00. The first kappa shape index (κ1) is 22.7. The van der Waals surface area contributed by atoms with Crippen molar-refractivity contribution in [3.63, 3.8) is 0 Å². The molecule has 0 aliphatic rings. The Morgan fingerprint density at radius 2 is 1.48 bits per heavy atom. The minimum Gasteiger partial charge on any atom is -0.314 e. The number of rotatable bonds is 11. The van der Waals surface area contributed by atoms with Gasteiger partial charge < -0.3 is 10.6 Å². The third kappa shape index (κ3) is 9.55. The minimum atomic E-state index is -4.16. The number of halogens is 3. The molecule has 0 fully saturated rings. The van der Waals surface area contributed by atoms with E-state index in [-0.39, 0.29) is 17.8 Å². The molecule has 2 N–H and O–H groups in total. The fourth-order valence-electron chi connectivity index (χ4n) is 2.38. The molecule has 0 aliphatic heterocycles. The summed E-state index contributed by atoms with van der Waals surface area (Å²) in [6, 6.07) is -1.05. The second-order valence-corrected chi connectivity index (χ2v) is 8.00. The van der Waals surface area contributed by atoms with Crippen molar-refractivity contribution in [2.75, 3.05) is 13.1 Å². The highest BCUT2D eigenvalue weighted by molar-refractivity contribution is 4.79. The first-order chi connectivity index (χ1) is 10.4. The Hall–Kier alpha value is -0.290. The smallest absolute Gasteiger partial charge is 0.314 e.